The number of aromatic nitrogens is 1. The Morgan fingerprint density at radius 3 is 2.58 bits per heavy atom. The largest absolute Gasteiger partial charge is 0.474 e. The molecule has 1 aromatic carbocycles. The minimum atomic E-state index is -0.502. The second-order valence-corrected chi connectivity index (χ2v) is 7.32. The van der Waals surface area contributed by atoms with Crippen molar-refractivity contribution >= 4 is 33.3 Å². The van der Waals surface area contributed by atoms with Gasteiger partial charge in [-0.2, -0.15) is 0 Å². The Bertz CT molecular complexity index is 754. The number of fused-ring (bicyclic) bond motifs is 1. The molecular weight excluding hydrogens is 372 g/mol. The molecule has 0 N–H and O–H groups in total. The van der Waals surface area contributed by atoms with E-state index in [1.54, 1.807) is 12.1 Å². The highest BCUT2D eigenvalue weighted by atomic mass is 79.9. The van der Waals surface area contributed by atoms with Crippen molar-refractivity contribution in [1.82, 2.24) is 4.98 Å². The van der Waals surface area contributed by atoms with E-state index in [-0.39, 0.29) is 5.97 Å². The zero-order valence-electron chi connectivity index (χ0n) is 13.9. The van der Waals surface area contributed by atoms with Gasteiger partial charge in [-0.1, -0.05) is 0 Å². The molecule has 0 amide bonds. The van der Waals surface area contributed by atoms with Crippen molar-refractivity contribution in [3.8, 4) is 5.88 Å². The van der Waals surface area contributed by atoms with E-state index in [4.69, 9.17) is 9.47 Å². The zero-order chi connectivity index (χ0) is 17.3. The number of nitrogens with zero attached hydrogens (tertiary/aromatic N) is 2. The van der Waals surface area contributed by atoms with Crippen molar-refractivity contribution in [1.29, 1.82) is 0 Å². The van der Waals surface area contributed by atoms with Crippen molar-refractivity contribution in [2.75, 3.05) is 18.1 Å². The number of ether oxygens (including phenoxy) is 2. The molecule has 1 aliphatic rings. The number of hydrogen-bond acceptors (Lipinski definition) is 5. The molecule has 0 fully saturated rings. The third-order valence-corrected chi connectivity index (χ3v) is 3.91. The van der Waals surface area contributed by atoms with E-state index in [2.05, 4.69) is 25.8 Å². The second kappa shape index (κ2) is 6.43. The molecule has 0 bridgehead atoms. The standard InChI is InChI=1S/C18H19BrN2O3/c1-18(2,3)24-17(22)12-4-6-13(7-5-12)21-10-11-23-16-14(21)8-9-15(19)20-16/h4-9H,10-11H2,1-3H3. The van der Waals surface area contributed by atoms with Gasteiger partial charge in [-0.05, 0) is 73.1 Å². The molecule has 1 aliphatic heterocycles. The maximum atomic E-state index is 12.1. The topological polar surface area (TPSA) is 51.7 Å². The van der Waals surface area contributed by atoms with Crippen LogP contribution in [0.3, 0.4) is 0 Å². The van der Waals surface area contributed by atoms with Crippen molar-refractivity contribution < 1.29 is 14.3 Å². The summed E-state index contributed by atoms with van der Waals surface area (Å²) in [5.74, 6) is 0.286. The minimum absolute atomic E-state index is 0.318. The molecule has 0 saturated heterocycles. The van der Waals surface area contributed by atoms with Gasteiger partial charge in [-0.15, -0.1) is 0 Å². The van der Waals surface area contributed by atoms with Crippen molar-refractivity contribution in [2.24, 2.45) is 0 Å². The summed E-state index contributed by atoms with van der Waals surface area (Å²) in [5.41, 5.74) is 1.93. The van der Waals surface area contributed by atoms with Gasteiger partial charge in [-0.3, -0.25) is 0 Å². The fourth-order valence-electron chi connectivity index (χ4n) is 2.46. The number of anilines is 2. The Hall–Kier alpha value is -2.08. The fraction of sp³-hybridized carbons (Fsp3) is 0.333. The first-order valence-electron chi connectivity index (χ1n) is 7.74. The van der Waals surface area contributed by atoms with E-state index in [9.17, 15) is 4.79 Å². The quantitative estimate of drug-likeness (QED) is 0.564. The predicted molar refractivity (Wildman–Crippen MR) is 96.0 cm³/mol. The molecule has 5 nitrogen and oxygen atoms in total. The Balaban J connectivity index is 1.84. The van der Waals surface area contributed by atoms with Gasteiger partial charge >= 0.3 is 5.97 Å². The molecule has 2 aromatic rings. The molecule has 1 aromatic heterocycles. The number of carbonyl (C=O) groups excluding carboxylic acids is 1. The van der Waals surface area contributed by atoms with Crippen LogP contribution in [0.2, 0.25) is 0 Å². The van der Waals surface area contributed by atoms with Crippen LogP contribution in [0.4, 0.5) is 11.4 Å². The molecular formula is C18H19BrN2O3. The summed E-state index contributed by atoms with van der Waals surface area (Å²) in [6.45, 7) is 6.85. The fourth-order valence-corrected chi connectivity index (χ4v) is 2.75. The van der Waals surface area contributed by atoms with E-state index in [0.29, 0.717) is 18.1 Å². The summed E-state index contributed by atoms with van der Waals surface area (Å²) in [7, 11) is 0. The van der Waals surface area contributed by atoms with Crippen LogP contribution in [0.1, 0.15) is 31.1 Å². The van der Waals surface area contributed by atoms with Crippen LogP contribution in [-0.2, 0) is 4.74 Å². The van der Waals surface area contributed by atoms with Crippen LogP contribution < -0.4 is 9.64 Å². The van der Waals surface area contributed by atoms with E-state index in [0.717, 1.165) is 22.5 Å². The van der Waals surface area contributed by atoms with Gasteiger partial charge in [0, 0.05) is 5.69 Å². The molecule has 0 saturated carbocycles. The predicted octanol–water partition coefficient (Wildman–Crippen LogP) is 4.33. The normalized spacial score (nSPS) is 13.9. The lowest BCUT2D eigenvalue weighted by Gasteiger charge is -2.30. The van der Waals surface area contributed by atoms with Gasteiger partial charge in [0.05, 0.1) is 12.1 Å². The van der Waals surface area contributed by atoms with Crippen LogP contribution in [0, 0.1) is 0 Å². The average Bonchev–Trinajstić information content (AvgIpc) is 2.52. The first-order valence-corrected chi connectivity index (χ1v) is 8.53. The summed E-state index contributed by atoms with van der Waals surface area (Å²) in [5, 5.41) is 0. The lowest BCUT2D eigenvalue weighted by Crippen LogP contribution is -2.29. The van der Waals surface area contributed by atoms with Crippen LogP contribution in [0.25, 0.3) is 0 Å². The van der Waals surface area contributed by atoms with Gasteiger partial charge in [0.1, 0.15) is 22.5 Å². The van der Waals surface area contributed by atoms with E-state index in [1.807, 2.05) is 45.0 Å². The van der Waals surface area contributed by atoms with Crippen molar-refractivity contribution in [3.05, 3.63) is 46.6 Å². The SMILES string of the molecule is CC(C)(C)OC(=O)c1ccc(N2CCOc3nc(Br)ccc32)cc1. The lowest BCUT2D eigenvalue weighted by atomic mass is 10.1. The highest BCUT2D eigenvalue weighted by Gasteiger charge is 2.22. The van der Waals surface area contributed by atoms with Gasteiger partial charge < -0.3 is 14.4 Å². The average molecular weight is 391 g/mol. The minimum Gasteiger partial charge on any atom is -0.474 e. The van der Waals surface area contributed by atoms with E-state index >= 15 is 0 Å². The highest BCUT2D eigenvalue weighted by molar-refractivity contribution is 9.10. The first-order chi connectivity index (χ1) is 11.3. The first kappa shape index (κ1) is 16.8. The van der Waals surface area contributed by atoms with Crippen molar-refractivity contribution in [3.63, 3.8) is 0 Å². The van der Waals surface area contributed by atoms with Crippen molar-refractivity contribution in [2.45, 2.75) is 26.4 Å². The van der Waals surface area contributed by atoms with E-state index < -0.39 is 5.60 Å². The maximum Gasteiger partial charge on any atom is 0.338 e. The van der Waals surface area contributed by atoms with Gasteiger partial charge in [-0.25, -0.2) is 9.78 Å². The lowest BCUT2D eigenvalue weighted by molar-refractivity contribution is 0.00695. The number of hydrogen-bond donors (Lipinski definition) is 0. The third-order valence-electron chi connectivity index (χ3n) is 3.46. The summed E-state index contributed by atoms with van der Waals surface area (Å²) in [6.07, 6.45) is 0. The molecule has 0 unspecified atom stereocenters. The van der Waals surface area contributed by atoms with Gasteiger partial charge in [0.2, 0.25) is 5.88 Å². The summed E-state index contributed by atoms with van der Waals surface area (Å²) in [4.78, 5) is 18.6. The summed E-state index contributed by atoms with van der Waals surface area (Å²) < 4.78 is 11.7. The molecule has 2 heterocycles. The Morgan fingerprint density at radius 2 is 1.92 bits per heavy atom. The molecule has 0 spiro atoms. The van der Waals surface area contributed by atoms with Gasteiger partial charge in [0.15, 0.2) is 0 Å². The van der Waals surface area contributed by atoms with Crippen LogP contribution in [0.5, 0.6) is 5.88 Å². The zero-order valence-corrected chi connectivity index (χ0v) is 15.5. The van der Waals surface area contributed by atoms with Crippen LogP contribution >= 0.6 is 15.9 Å². The molecule has 6 heteroatoms. The van der Waals surface area contributed by atoms with E-state index in [1.165, 1.54) is 0 Å². The van der Waals surface area contributed by atoms with Gasteiger partial charge in [0.25, 0.3) is 0 Å². The molecule has 0 atom stereocenters. The molecule has 0 aliphatic carbocycles. The number of carbonyl (C=O) groups is 1. The summed E-state index contributed by atoms with van der Waals surface area (Å²) in [6, 6.07) is 11.2. The Morgan fingerprint density at radius 1 is 1.21 bits per heavy atom. The second-order valence-electron chi connectivity index (χ2n) is 6.51. The third kappa shape index (κ3) is 3.70. The number of benzene rings is 1. The van der Waals surface area contributed by atoms with Crippen LogP contribution in [0.15, 0.2) is 41.0 Å². The smallest absolute Gasteiger partial charge is 0.338 e. The van der Waals surface area contributed by atoms with Crippen LogP contribution in [-0.4, -0.2) is 29.7 Å². The number of rotatable bonds is 2. The molecule has 126 valence electrons. The molecule has 3 rings (SSSR count). The number of halogens is 1. The number of pyridine rings is 1. The highest BCUT2D eigenvalue weighted by Crippen LogP contribution is 2.36. The Kier molecular flexibility index (Phi) is 4.49. The summed E-state index contributed by atoms with van der Waals surface area (Å²) >= 11 is 3.35. The molecule has 24 heavy (non-hydrogen) atoms. The maximum absolute atomic E-state index is 12.1. The molecule has 0 radical (unpaired) electrons. The monoisotopic (exact) mass is 390 g/mol. The number of esters is 1. The Labute approximate surface area is 149 Å².